The van der Waals surface area contributed by atoms with E-state index in [2.05, 4.69) is 29.3 Å². The van der Waals surface area contributed by atoms with Gasteiger partial charge in [-0.15, -0.1) is 0 Å². The Morgan fingerprint density at radius 3 is 2.45 bits per heavy atom. The van der Waals surface area contributed by atoms with Crippen molar-refractivity contribution in [2.45, 2.75) is 51.1 Å². The molecule has 1 fully saturated rings. The number of hydrogen-bond acceptors (Lipinski definition) is 2. The molecule has 3 heteroatoms. The number of nitrogens with one attached hydrogen (secondary N) is 1. The van der Waals surface area contributed by atoms with Gasteiger partial charge in [0.15, 0.2) is 0 Å². The first-order valence-corrected chi connectivity index (χ1v) is 8.29. The Labute approximate surface area is 128 Å². The predicted molar refractivity (Wildman–Crippen MR) is 87.4 cm³/mol. The highest BCUT2D eigenvalue weighted by Crippen LogP contribution is 2.25. The summed E-state index contributed by atoms with van der Waals surface area (Å²) in [6.07, 6.45) is 6.75. The molecule has 1 unspecified atom stereocenters. The molecule has 1 aliphatic carbocycles. The molecule has 112 valence electrons. The highest BCUT2D eigenvalue weighted by molar-refractivity contribution is 6.30. The van der Waals surface area contributed by atoms with Crippen LogP contribution < -0.4 is 5.32 Å². The van der Waals surface area contributed by atoms with Crippen LogP contribution in [0.25, 0.3) is 0 Å². The second-order valence-electron chi connectivity index (χ2n) is 5.75. The van der Waals surface area contributed by atoms with E-state index in [1.54, 1.807) is 0 Å². The van der Waals surface area contributed by atoms with Gasteiger partial charge < -0.3 is 10.2 Å². The quantitative estimate of drug-likeness (QED) is 0.808. The van der Waals surface area contributed by atoms with Crippen molar-refractivity contribution in [1.29, 1.82) is 0 Å². The molecule has 1 N–H and O–H groups in total. The van der Waals surface area contributed by atoms with Gasteiger partial charge in [-0.1, -0.05) is 43.5 Å². The average molecular weight is 295 g/mol. The second-order valence-corrected chi connectivity index (χ2v) is 6.18. The number of benzene rings is 1. The minimum atomic E-state index is 0.419. The van der Waals surface area contributed by atoms with E-state index in [-0.39, 0.29) is 0 Å². The van der Waals surface area contributed by atoms with E-state index in [0.29, 0.717) is 6.04 Å². The highest BCUT2D eigenvalue weighted by Gasteiger charge is 2.22. The fourth-order valence-electron chi connectivity index (χ4n) is 3.34. The summed E-state index contributed by atoms with van der Waals surface area (Å²) in [5, 5.41) is 4.25. The molecule has 1 aromatic carbocycles. The van der Waals surface area contributed by atoms with Gasteiger partial charge in [0.1, 0.15) is 0 Å². The first-order valence-electron chi connectivity index (χ1n) is 7.91. The van der Waals surface area contributed by atoms with Gasteiger partial charge in [-0.25, -0.2) is 0 Å². The van der Waals surface area contributed by atoms with Crippen LogP contribution in [0, 0.1) is 0 Å². The fraction of sp³-hybridized carbons (Fsp3) is 0.647. The van der Waals surface area contributed by atoms with Gasteiger partial charge in [-0.05, 0) is 50.6 Å². The minimum Gasteiger partial charge on any atom is -0.313 e. The van der Waals surface area contributed by atoms with Crippen LogP contribution in [0.5, 0.6) is 0 Å². The molecule has 1 aromatic rings. The smallest absolute Gasteiger partial charge is 0.0406 e. The van der Waals surface area contributed by atoms with Crippen LogP contribution in [0.15, 0.2) is 24.3 Å². The van der Waals surface area contributed by atoms with Gasteiger partial charge in [-0.2, -0.15) is 0 Å². The lowest BCUT2D eigenvalue weighted by Gasteiger charge is -2.29. The number of nitrogens with zero attached hydrogens (tertiary/aromatic N) is 1. The minimum absolute atomic E-state index is 0.419. The SMILES string of the molecule is CCN(CCC(NC)c1ccc(Cl)cc1)C1CCCC1. The first-order chi connectivity index (χ1) is 9.74. The van der Waals surface area contributed by atoms with Crippen molar-refractivity contribution < 1.29 is 0 Å². The maximum absolute atomic E-state index is 5.97. The Morgan fingerprint density at radius 1 is 1.25 bits per heavy atom. The van der Waals surface area contributed by atoms with Crippen molar-refractivity contribution >= 4 is 11.6 Å². The predicted octanol–water partition coefficient (Wildman–Crippen LogP) is 4.26. The fourth-order valence-corrected chi connectivity index (χ4v) is 3.46. The number of hydrogen-bond donors (Lipinski definition) is 1. The summed E-state index contributed by atoms with van der Waals surface area (Å²) in [6.45, 7) is 4.63. The van der Waals surface area contributed by atoms with Crippen LogP contribution in [0.4, 0.5) is 0 Å². The van der Waals surface area contributed by atoms with E-state index in [0.717, 1.165) is 17.5 Å². The third-order valence-electron chi connectivity index (χ3n) is 4.57. The lowest BCUT2D eigenvalue weighted by molar-refractivity contribution is 0.199. The van der Waals surface area contributed by atoms with Gasteiger partial charge in [0, 0.05) is 23.7 Å². The molecule has 0 spiro atoms. The summed E-state index contributed by atoms with van der Waals surface area (Å²) in [5.41, 5.74) is 1.33. The van der Waals surface area contributed by atoms with Crippen molar-refractivity contribution in [3.8, 4) is 0 Å². The van der Waals surface area contributed by atoms with Crippen LogP contribution in [0.2, 0.25) is 5.02 Å². The topological polar surface area (TPSA) is 15.3 Å². The molecule has 0 bridgehead atoms. The van der Waals surface area contributed by atoms with Crippen molar-refractivity contribution in [2.75, 3.05) is 20.1 Å². The maximum Gasteiger partial charge on any atom is 0.0406 e. The highest BCUT2D eigenvalue weighted by atomic mass is 35.5. The molecule has 1 atom stereocenters. The molecule has 2 nitrogen and oxygen atoms in total. The molecule has 1 saturated carbocycles. The number of rotatable bonds is 7. The average Bonchev–Trinajstić information content (AvgIpc) is 2.99. The van der Waals surface area contributed by atoms with Gasteiger partial charge >= 0.3 is 0 Å². The molecule has 0 amide bonds. The maximum atomic E-state index is 5.97. The number of halogens is 1. The molecule has 0 aliphatic heterocycles. The Kier molecular flexibility index (Phi) is 6.34. The third kappa shape index (κ3) is 4.21. The van der Waals surface area contributed by atoms with Crippen LogP contribution in [0.1, 0.15) is 50.6 Å². The van der Waals surface area contributed by atoms with Crippen molar-refractivity contribution in [3.63, 3.8) is 0 Å². The third-order valence-corrected chi connectivity index (χ3v) is 4.83. The standard InChI is InChI=1S/C17H27ClN2/c1-3-20(16-6-4-5-7-16)13-12-17(19-2)14-8-10-15(18)11-9-14/h8-11,16-17,19H,3-7,12-13H2,1-2H3. The van der Waals surface area contributed by atoms with Crippen LogP contribution in [-0.4, -0.2) is 31.1 Å². The van der Waals surface area contributed by atoms with E-state index in [1.165, 1.54) is 44.3 Å². The van der Waals surface area contributed by atoms with E-state index < -0.39 is 0 Å². The Bertz CT molecular complexity index is 384. The summed E-state index contributed by atoms with van der Waals surface area (Å²) in [7, 11) is 2.05. The Morgan fingerprint density at radius 2 is 1.90 bits per heavy atom. The van der Waals surface area contributed by atoms with E-state index in [4.69, 9.17) is 11.6 Å². The zero-order chi connectivity index (χ0) is 14.4. The molecular weight excluding hydrogens is 268 g/mol. The van der Waals surface area contributed by atoms with E-state index in [1.807, 2.05) is 19.2 Å². The molecule has 0 heterocycles. The van der Waals surface area contributed by atoms with Crippen molar-refractivity contribution in [1.82, 2.24) is 10.2 Å². The monoisotopic (exact) mass is 294 g/mol. The van der Waals surface area contributed by atoms with Gasteiger partial charge in [-0.3, -0.25) is 0 Å². The molecule has 2 rings (SSSR count). The summed E-state index contributed by atoms with van der Waals surface area (Å²) in [6, 6.07) is 9.47. The van der Waals surface area contributed by atoms with E-state index >= 15 is 0 Å². The summed E-state index contributed by atoms with van der Waals surface area (Å²) in [5.74, 6) is 0. The van der Waals surface area contributed by atoms with Crippen LogP contribution >= 0.6 is 11.6 Å². The lowest BCUT2D eigenvalue weighted by Crippen LogP contribution is -2.35. The van der Waals surface area contributed by atoms with Gasteiger partial charge in [0.2, 0.25) is 0 Å². The van der Waals surface area contributed by atoms with Crippen molar-refractivity contribution in [3.05, 3.63) is 34.9 Å². The normalized spacial score (nSPS) is 17.8. The zero-order valence-corrected chi connectivity index (χ0v) is 13.5. The lowest BCUT2D eigenvalue weighted by atomic mass is 10.0. The first kappa shape index (κ1) is 15.8. The van der Waals surface area contributed by atoms with Crippen LogP contribution in [0.3, 0.4) is 0 Å². The molecular formula is C17H27ClN2. The molecule has 1 aliphatic rings. The summed E-state index contributed by atoms with van der Waals surface area (Å²) >= 11 is 5.97. The molecule has 0 radical (unpaired) electrons. The largest absolute Gasteiger partial charge is 0.313 e. The summed E-state index contributed by atoms with van der Waals surface area (Å²) < 4.78 is 0. The summed E-state index contributed by atoms with van der Waals surface area (Å²) in [4.78, 5) is 2.66. The Hall–Kier alpha value is -0.570. The van der Waals surface area contributed by atoms with Crippen molar-refractivity contribution in [2.24, 2.45) is 0 Å². The van der Waals surface area contributed by atoms with Gasteiger partial charge in [0.05, 0.1) is 0 Å². The van der Waals surface area contributed by atoms with Crippen LogP contribution in [-0.2, 0) is 0 Å². The zero-order valence-electron chi connectivity index (χ0n) is 12.7. The second kappa shape index (κ2) is 8.02. The molecule has 0 saturated heterocycles. The van der Waals surface area contributed by atoms with Gasteiger partial charge in [0.25, 0.3) is 0 Å². The molecule has 0 aromatic heterocycles. The van der Waals surface area contributed by atoms with E-state index in [9.17, 15) is 0 Å². The molecule has 20 heavy (non-hydrogen) atoms. The Balaban J connectivity index is 1.90.